The fourth-order valence-electron chi connectivity index (χ4n) is 0.950. The van der Waals surface area contributed by atoms with Gasteiger partial charge in [0.25, 0.3) is 0 Å². The summed E-state index contributed by atoms with van der Waals surface area (Å²) in [6, 6.07) is 1.84. The van der Waals surface area contributed by atoms with E-state index in [0.29, 0.717) is 6.42 Å². The van der Waals surface area contributed by atoms with E-state index in [1.165, 1.54) is 0 Å². The lowest BCUT2D eigenvalue weighted by atomic mass is 10.1. The summed E-state index contributed by atoms with van der Waals surface area (Å²) in [7, 11) is 0. The lowest BCUT2D eigenvalue weighted by molar-refractivity contribution is -0.110. The van der Waals surface area contributed by atoms with E-state index < -0.39 is 5.38 Å². The van der Waals surface area contributed by atoms with Crippen LogP contribution in [0.2, 0.25) is 0 Å². The van der Waals surface area contributed by atoms with Crippen LogP contribution in [-0.2, 0) is 9.53 Å². The molecule has 2 unspecified atom stereocenters. The van der Waals surface area contributed by atoms with Crippen LogP contribution >= 0.6 is 11.6 Å². The highest BCUT2D eigenvalue weighted by molar-refractivity contribution is 6.22. The molecule has 4 nitrogen and oxygen atoms in total. The Bertz CT molecular complexity index is 191. The molecule has 86 valence electrons. The van der Waals surface area contributed by atoms with Crippen LogP contribution in [0.3, 0.4) is 0 Å². The SMILES string of the molecule is C1COCCN1.CC(C=O)CC(Cl)C#N. The first kappa shape index (κ1) is 14.4. The van der Waals surface area contributed by atoms with Crippen LogP contribution in [-0.4, -0.2) is 38.0 Å². The number of halogens is 1. The predicted octanol–water partition coefficient (Wildman–Crippen LogP) is 0.949. The molecular weight excluding hydrogens is 216 g/mol. The number of nitriles is 1. The van der Waals surface area contributed by atoms with Gasteiger partial charge in [0, 0.05) is 19.0 Å². The van der Waals surface area contributed by atoms with Gasteiger partial charge < -0.3 is 14.8 Å². The summed E-state index contributed by atoms with van der Waals surface area (Å²) in [4.78, 5) is 9.99. The monoisotopic (exact) mass is 232 g/mol. The van der Waals surface area contributed by atoms with Gasteiger partial charge in [-0.15, -0.1) is 11.6 Å². The summed E-state index contributed by atoms with van der Waals surface area (Å²) in [5.41, 5.74) is 0. The third kappa shape index (κ3) is 9.67. The summed E-state index contributed by atoms with van der Waals surface area (Å²) in [5, 5.41) is 10.8. The molecule has 0 aromatic heterocycles. The van der Waals surface area contributed by atoms with Gasteiger partial charge in [-0.25, -0.2) is 0 Å². The van der Waals surface area contributed by atoms with Crippen LogP contribution in [0.5, 0.6) is 0 Å². The molecule has 1 fully saturated rings. The number of hydrogen-bond acceptors (Lipinski definition) is 4. The Balaban J connectivity index is 0.000000280. The van der Waals surface area contributed by atoms with Crippen molar-refractivity contribution in [2.24, 2.45) is 5.92 Å². The van der Waals surface area contributed by atoms with E-state index in [1.54, 1.807) is 6.92 Å². The van der Waals surface area contributed by atoms with Crippen molar-refractivity contribution in [2.45, 2.75) is 18.7 Å². The maximum absolute atomic E-state index is 9.99. The molecule has 0 saturated carbocycles. The first-order valence-corrected chi connectivity index (χ1v) is 5.41. The van der Waals surface area contributed by atoms with E-state index >= 15 is 0 Å². The predicted molar refractivity (Wildman–Crippen MR) is 58.8 cm³/mol. The van der Waals surface area contributed by atoms with Gasteiger partial charge in [-0.3, -0.25) is 0 Å². The molecule has 5 heteroatoms. The average molecular weight is 233 g/mol. The standard InChI is InChI=1S/C6H8ClNO.C4H9NO/c1-5(4-9)2-6(7)3-8;1-3-6-4-2-5-1/h4-6H,2H2,1H3;5H,1-4H2. The molecule has 0 aliphatic carbocycles. The van der Waals surface area contributed by atoms with Crippen LogP contribution in [0.25, 0.3) is 0 Å². The fourth-order valence-corrected chi connectivity index (χ4v) is 1.23. The molecule has 0 spiro atoms. The first-order valence-electron chi connectivity index (χ1n) is 4.98. The molecule has 0 aromatic rings. The molecule has 1 heterocycles. The molecule has 1 aliphatic heterocycles. The summed E-state index contributed by atoms with van der Waals surface area (Å²) in [6.45, 7) is 5.57. The van der Waals surface area contributed by atoms with Crippen molar-refractivity contribution in [1.82, 2.24) is 5.32 Å². The number of aldehydes is 1. The highest BCUT2D eigenvalue weighted by Gasteiger charge is 2.07. The van der Waals surface area contributed by atoms with Crippen molar-refractivity contribution in [3.05, 3.63) is 0 Å². The van der Waals surface area contributed by atoms with Gasteiger partial charge in [0.1, 0.15) is 11.7 Å². The minimum Gasteiger partial charge on any atom is -0.379 e. The molecule has 0 radical (unpaired) electrons. The van der Waals surface area contributed by atoms with Gasteiger partial charge in [0.05, 0.1) is 19.3 Å². The minimum absolute atomic E-state index is 0.104. The van der Waals surface area contributed by atoms with Crippen molar-refractivity contribution in [1.29, 1.82) is 5.26 Å². The number of rotatable bonds is 3. The van der Waals surface area contributed by atoms with Crippen molar-refractivity contribution >= 4 is 17.9 Å². The average Bonchev–Trinajstić information content (AvgIpc) is 2.31. The van der Waals surface area contributed by atoms with E-state index in [0.717, 1.165) is 32.6 Å². The fraction of sp³-hybridized carbons (Fsp3) is 0.800. The molecular formula is C10H17ClN2O2. The molecule has 0 amide bonds. The Labute approximate surface area is 95.5 Å². The second-order valence-electron chi connectivity index (χ2n) is 3.31. The third-order valence-electron chi connectivity index (χ3n) is 1.80. The maximum Gasteiger partial charge on any atom is 0.122 e. The minimum atomic E-state index is -0.523. The third-order valence-corrected chi connectivity index (χ3v) is 2.07. The second kappa shape index (κ2) is 9.91. The van der Waals surface area contributed by atoms with E-state index in [1.807, 2.05) is 6.07 Å². The summed E-state index contributed by atoms with van der Waals surface area (Å²) in [5.74, 6) is -0.104. The number of alkyl halides is 1. The second-order valence-corrected chi connectivity index (χ2v) is 3.83. The topological polar surface area (TPSA) is 62.1 Å². The van der Waals surface area contributed by atoms with Gasteiger partial charge in [-0.2, -0.15) is 5.26 Å². The van der Waals surface area contributed by atoms with Crippen LogP contribution < -0.4 is 5.32 Å². The normalized spacial score (nSPS) is 19.0. The van der Waals surface area contributed by atoms with E-state index in [9.17, 15) is 4.79 Å². The summed E-state index contributed by atoms with van der Waals surface area (Å²) >= 11 is 5.42. The summed E-state index contributed by atoms with van der Waals surface area (Å²) in [6.07, 6.45) is 1.24. The summed E-state index contributed by atoms with van der Waals surface area (Å²) < 4.78 is 5.01. The Kier molecular flexibility index (Phi) is 9.49. The highest BCUT2D eigenvalue weighted by atomic mass is 35.5. The molecule has 2 atom stereocenters. The number of morpholine rings is 1. The molecule has 1 aliphatic rings. The van der Waals surface area contributed by atoms with Gasteiger partial charge in [0.2, 0.25) is 0 Å². The lowest BCUT2D eigenvalue weighted by Gasteiger charge is -2.10. The quantitative estimate of drug-likeness (QED) is 0.581. The molecule has 0 bridgehead atoms. The zero-order valence-corrected chi connectivity index (χ0v) is 9.67. The molecule has 1 rings (SSSR count). The highest BCUT2D eigenvalue weighted by Crippen LogP contribution is 2.07. The van der Waals surface area contributed by atoms with Crippen LogP contribution in [0, 0.1) is 17.2 Å². The van der Waals surface area contributed by atoms with Crippen LogP contribution in [0.4, 0.5) is 0 Å². The lowest BCUT2D eigenvalue weighted by Crippen LogP contribution is -2.30. The van der Waals surface area contributed by atoms with Crippen molar-refractivity contribution in [3.8, 4) is 6.07 Å². The zero-order chi connectivity index (χ0) is 11.5. The number of carbonyl (C=O) groups excluding carboxylic acids is 1. The molecule has 15 heavy (non-hydrogen) atoms. The van der Waals surface area contributed by atoms with E-state index in [2.05, 4.69) is 5.32 Å². The molecule has 1 N–H and O–H groups in total. The van der Waals surface area contributed by atoms with E-state index in [-0.39, 0.29) is 5.92 Å². The van der Waals surface area contributed by atoms with Gasteiger partial charge in [0.15, 0.2) is 0 Å². The van der Waals surface area contributed by atoms with E-state index in [4.69, 9.17) is 21.6 Å². The number of nitrogens with one attached hydrogen (secondary N) is 1. The van der Waals surface area contributed by atoms with Crippen LogP contribution in [0.15, 0.2) is 0 Å². The molecule has 0 aromatic carbocycles. The zero-order valence-electron chi connectivity index (χ0n) is 8.91. The Morgan fingerprint density at radius 2 is 2.20 bits per heavy atom. The smallest absolute Gasteiger partial charge is 0.122 e. The van der Waals surface area contributed by atoms with Crippen molar-refractivity contribution in [2.75, 3.05) is 26.3 Å². The number of ether oxygens (including phenoxy) is 1. The van der Waals surface area contributed by atoms with Crippen molar-refractivity contribution < 1.29 is 9.53 Å². The number of carbonyl (C=O) groups is 1. The van der Waals surface area contributed by atoms with Crippen molar-refractivity contribution in [3.63, 3.8) is 0 Å². The van der Waals surface area contributed by atoms with Gasteiger partial charge >= 0.3 is 0 Å². The Morgan fingerprint density at radius 1 is 1.60 bits per heavy atom. The largest absolute Gasteiger partial charge is 0.379 e. The Hall–Kier alpha value is -0.630. The number of nitrogens with zero attached hydrogens (tertiary/aromatic N) is 1. The van der Waals surface area contributed by atoms with Gasteiger partial charge in [-0.05, 0) is 6.42 Å². The first-order chi connectivity index (χ1) is 7.20. The maximum atomic E-state index is 9.99. The van der Waals surface area contributed by atoms with Gasteiger partial charge in [-0.1, -0.05) is 6.92 Å². The Morgan fingerprint density at radius 3 is 2.47 bits per heavy atom. The number of hydrogen-bond donors (Lipinski definition) is 1. The van der Waals surface area contributed by atoms with Crippen LogP contribution in [0.1, 0.15) is 13.3 Å². The molecule has 1 saturated heterocycles.